The van der Waals surface area contributed by atoms with E-state index in [0.717, 1.165) is 12.8 Å². The van der Waals surface area contributed by atoms with Gasteiger partial charge in [-0.3, -0.25) is 4.79 Å². The van der Waals surface area contributed by atoms with Crippen LogP contribution in [0.5, 0.6) is 0 Å². The van der Waals surface area contributed by atoms with Crippen LogP contribution in [-0.4, -0.2) is 16.8 Å². The Kier molecular flexibility index (Phi) is 5.32. The summed E-state index contributed by atoms with van der Waals surface area (Å²) < 4.78 is 13.4. The lowest BCUT2D eigenvalue weighted by Gasteiger charge is -2.31. The molecule has 0 saturated carbocycles. The Morgan fingerprint density at radius 2 is 2.00 bits per heavy atom. The summed E-state index contributed by atoms with van der Waals surface area (Å²) in [5.74, 6) is -0.572. The van der Waals surface area contributed by atoms with Crippen LogP contribution in [0.15, 0.2) is 18.2 Å². The number of carbonyl (C=O) groups excluding carboxylic acids is 1. The van der Waals surface area contributed by atoms with Gasteiger partial charge in [0.1, 0.15) is 5.82 Å². The Morgan fingerprint density at radius 3 is 2.44 bits per heavy atom. The standard InChI is InChI=1S/C14H19BrFNO/c1-4-14(5-2,9-15)17-13(18)11-7-6-10(3)12(16)8-11/h6-8H,4-5,9H2,1-3H3,(H,17,18). The average Bonchev–Trinajstić information content (AvgIpc) is 2.39. The van der Waals surface area contributed by atoms with Gasteiger partial charge < -0.3 is 5.32 Å². The molecule has 1 N–H and O–H groups in total. The molecule has 0 aliphatic carbocycles. The fourth-order valence-corrected chi connectivity index (χ4v) is 2.63. The Morgan fingerprint density at radius 1 is 1.39 bits per heavy atom. The van der Waals surface area contributed by atoms with Crippen molar-refractivity contribution in [2.45, 2.75) is 39.2 Å². The maximum absolute atomic E-state index is 13.4. The van der Waals surface area contributed by atoms with E-state index in [1.807, 2.05) is 13.8 Å². The van der Waals surface area contributed by atoms with Crippen LogP contribution in [0.25, 0.3) is 0 Å². The molecule has 0 bridgehead atoms. The first-order valence-corrected chi connectivity index (χ1v) is 7.24. The van der Waals surface area contributed by atoms with E-state index >= 15 is 0 Å². The summed E-state index contributed by atoms with van der Waals surface area (Å²) in [7, 11) is 0. The van der Waals surface area contributed by atoms with Gasteiger partial charge in [-0.15, -0.1) is 0 Å². The monoisotopic (exact) mass is 315 g/mol. The zero-order valence-corrected chi connectivity index (χ0v) is 12.6. The van der Waals surface area contributed by atoms with Crippen LogP contribution in [0.3, 0.4) is 0 Å². The lowest BCUT2D eigenvalue weighted by molar-refractivity contribution is 0.0903. The molecule has 0 spiro atoms. The molecule has 1 aromatic rings. The summed E-state index contributed by atoms with van der Waals surface area (Å²) in [5.41, 5.74) is 0.646. The van der Waals surface area contributed by atoms with Crippen LogP contribution < -0.4 is 5.32 Å². The predicted octanol–water partition coefficient (Wildman–Crippen LogP) is 3.82. The molecule has 4 heteroatoms. The van der Waals surface area contributed by atoms with Crippen LogP contribution in [0.2, 0.25) is 0 Å². The van der Waals surface area contributed by atoms with Crippen LogP contribution in [-0.2, 0) is 0 Å². The molecule has 0 atom stereocenters. The number of benzene rings is 1. The predicted molar refractivity (Wildman–Crippen MR) is 75.7 cm³/mol. The lowest BCUT2D eigenvalue weighted by Crippen LogP contribution is -2.49. The van der Waals surface area contributed by atoms with Gasteiger partial charge in [-0.05, 0) is 37.5 Å². The van der Waals surface area contributed by atoms with E-state index in [-0.39, 0.29) is 17.3 Å². The highest BCUT2D eigenvalue weighted by Gasteiger charge is 2.27. The second-order valence-electron chi connectivity index (χ2n) is 4.54. The first-order valence-electron chi connectivity index (χ1n) is 6.12. The first-order chi connectivity index (χ1) is 8.48. The Balaban J connectivity index is 2.90. The number of halogens is 2. The van der Waals surface area contributed by atoms with Crippen molar-refractivity contribution in [1.29, 1.82) is 0 Å². The van der Waals surface area contributed by atoms with Gasteiger partial charge in [-0.2, -0.15) is 0 Å². The molecule has 0 aliphatic rings. The van der Waals surface area contributed by atoms with E-state index in [2.05, 4.69) is 21.2 Å². The van der Waals surface area contributed by atoms with Crippen LogP contribution in [0, 0.1) is 12.7 Å². The summed E-state index contributed by atoms with van der Waals surface area (Å²) in [6, 6.07) is 4.56. The SMILES string of the molecule is CCC(CC)(CBr)NC(=O)c1ccc(C)c(F)c1. The minimum atomic E-state index is -0.347. The highest BCUT2D eigenvalue weighted by molar-refractivity contribution is 9.09. The zero-order valence-electron chi connectivity index (χ0n) is 11.0. The Hall–Kier alpha value is -0.900. The molecule has 0 fully saturated rings. The molecular formula is C14H19BrFNO. The number of alkyl halides is 1. The third-order valence-corrected chi connectivity index (χ3v) is 4.50. The summed E-state index contributed by atoms with van der Waals surface area (Å²) in [5, 5.41) is 3.68. The van der Waals surface area contributed by atoms with Crippen molar-refractivity contribution in [3.05, 3.63) is 35.1 Å². The third kappa shape index (κ3) is 3.31. The second-order valence-corrected chi connectivity index (χ2v) is 5.10. The minimum Gasteiger partial charge on any atom is -0.346 e. The summed E-state index contributed by atoms with van der Waals surface area (Å²) >= 11 is 3.43. The van der Waals surface area contributed by atoms with Crippen LogP contribution in [0.4, 0.5) is 4.39 Å². The van der Waals surface area contributed by atoms with Gasteiger partial charge in [-0.25, -0.2) is 4.39 Å². The molecule has 18 heavy (non-hydrogen) atoms. The fourth-order valence-electron chi connectivity index (χ4n) is 1.70. The fraction of sp³-hybridized carbons (Fsp3) is 0.500. The quantitative estimate of drug-likeness (QED) is 0.822. The molecule has 1 aromatic carbocycles. The maximum Gasteiger partial charge on any atom is 0.251 e. The van der Waals surface area contributed by atoms with Gasteiger partial charge in [0.25, 0.3) is 5.91 Å². The van der Waals surface area contributed by atoms with E-state index in [0.29, 0.717) is 16.5 Å². The molecule has 0 aliphatic heterocycles. The summed E-state index contributed by atoms with van der Waals surface area (Å²) in [6.45, 7) is 5.74. The number of rotatable bonds is 5. The molecule has 0 unspecified atom stereocenters. The minimum absolute atomic E-state index is 0.225. The molecule has 0 heterocycles. The molecule has 2 nitrogen and oxygen atoms in total. The van der Waals surface area contributed by atoms with Crippen molar-refractivity contribution in [2.75, 3.05) is 5.33 Å². The maximum atomic E-state index is 13.4. The van der Waals surface area contributed by atoms with Gasteiger partial charge in [0.2, 0.25) is 0 Å². The lowest BCUT2D eigenvalue weighted by atomic mass is 9.95. The molecule has 0 aromatic heterocycles. The molecule has 1 amide bonds. The molecule has 0 saturated heterocycles. The van der Waals surface area contributed by atoms with Crippen molar-refractivity contribution in [3.8, 4) is 0 Å². The number of hydrogen-bond donors (Lipinski definition) is 1. The second kappa shape index (κ2) is 6.32. The number of carbonyl (C=O) groups is 1. The number of hydrogen-bond acceptors (Lipinski definition) is 1. The third-order valence-electron chi connectivity index (χ3n) is 3.42. The van der Waals surface area contributed by atoms with Crippen molar-refractivity contribution < 1.29 is 9.18 Å². The zero-order chi connectivity index (χ0) is 13.8. The first kappa shape index (κ1) is 15.2. The number of amides is 1. The van der Waals surface area contributed by atoms with Gasteiger partial charge in [0.05, 0.1) is 0 Å². The van der Waals surface area contributed by atoms with E-state index in [4.69, 9.17) is 0 Å². The van der Waals surface area contributed by atoms with Crippen molar-refractivity contribution >= 4 is 21.8 Å². The summed E-state index contributed by atoms with van der Waals surface area (Å²) in [6.07, 6.45) is 1.66. The highest BCUT2D eigenvalue weighted by atomic mass is 79.9. The van der Waals surface area contributed by atoms with E-state index in [1.54, 1.807) is 19.1 Å². The molecule has 1 rings (SSSR count). The smallest absolute Gasteiger partial charge is 0.251 e. The van der Waals surface area contributed by atoms with E-state index in [9.17, 15) is 9.18 Å². The Labute approximate surface area is 116 Å². The average molecular weight is 316 g/mol. The molecule has 0 radical (unpaired) electrons. The Bertz CT molecular complexity index is 422. The van der Waals surface area contributed by atoms with Gasteiger partial charge in [0, 0.05) is 16.4 Å². The highest BCUT2D eigenvalue weighted by Crippen LogP contribution is 2.19. The van der Waals surface area contributed by atoms with Crippen LogP contribution in [0.1, 0.15) is 42.6 Å². The van der Waals surface area contributed by atoms with Gasteiger partial charge in [0.15, 0.2) is 0 Å². The van der Waals surface area contributed by atoms with E-state index < -0.39 is 0 Å². The van der Waals surface area contributed by atoms with Crippen molar-refractivity contribution in [1.82, 2.24) is 5.32 Å². The van der Waals surface area contributed by atoms with Crippen molar-refractivity contribution in [2.24, 2.45) is 0 Å². The summed E-state index contributed by atoms with van der Waals surface area (Å²) in [4.78, 5) is 12.1. The van der Waals surface area contributed by atoms with Gasteiger partial charge >= 0.3 is 0 Å². The number of aryl methyl sites for hydroxylation is 1. The van der Waals surface area contributed by atoms with E-state index in [1.165, 1.54) is 6.07 Å². The number of nitrogens with one attached hydrogen (secondary N) is 1. The topological polar surface area (TPSA) is 29.1 Å². The van der Waals surface area contributed by atoms with Crippen molar-refractivity contribution in [3.63, 3.8) is 0 Å². The molecule has 100 valence electrons. The van der Waals surface area contributed by atoms with Crippen LogP contribution >= 0.6 is 15.9 Å². The molecular weight excluding hydrogens is 297 g/mol. The van der Waals surface area contributed by atoms with Gasteiger partial charge in [-0.1, -0.05) is 35.8 Å². The largest absolute Gasteiger partial charge is 0.346 e. The normalized spacial score (nSPS) is 11.4.